The molecule has 1 aliphatic heterocycles. The van der Waals surface area contributed by atoms with Crippen LogP contribution < -0.4 is 5.32 Å². The van der Waals surface area contributed by atoms with Crippen molar-refractivity contribution in [1.82, 2.24) is 10.2 Å². The largest absolute Gasteiger partial charge is 0.309 e. The average Bonchev–Trinajstić information content (AvgIpc) is 2.23. The van der Waals surface area contributed by atoms with Gasteiger partial charge in [0, 0.05) is 24.7 Å². The van der Waals surface area contributed by atoms with Gasteiger partial charge in [-0.15, -0.1) is 0 Å². The van der Waals surface area contributed by atoms with Crippen LogP contribution in [-0.4, -0.2) is 36.6 Å². The molecule has 88 valence electrons. The summed E-state index contributed by atoms with van der Waals surface area (Å²) in [7, 11) is 2.23. The van der Waals surface area contributed by atoms with E-state index < -0.39 is 0 Å². The van der Waals surface area contributed by atoms with Crippen LogP contribution in [0.4, 0.5) is 0 Å². The van der Waals surface area contributed by atoms with Crippen LogP contribution in [0.1, 0.15) is 19.4 Å². The first kappa shape index (κ1) is 11.6. The van der Waals surface area contributed by atoms with E-state index in [1.165, 1.54) is 5.56 Å². The van der Waals surface area contributed by atoms with Crippen molar-refractivity contribution in [3.05, 3.63) is 35.9 Å². The Morgan fingerprint density at radius 1 is 1.31 bits per heavy atom. The lowest BCUT2D eigenvalue weighted by Crippen LogP contribution is -2.60. The molecule has 2 nitrogen and oxygen atoms in total. The van der Waals surface area contributed by atoms with E-state index in [1.807, 2.05) is 0 Å². The lowest BCUT2D eigenvalue weighted by molar-refractivity contribution is 0.122. The van der Waals surface area contributed by atoms with Crippen LogP contribution >= 0.6 is 0 Å². The quantitative estimate of drug-likeness (QED) is 0.816. The molecule has 0 saturated carbocycles. The van der Waals surface area contributed by atoms with Crippen LogP contribution in [0.15, 0.2) is 30.3 Å². The number of hydrogen-bond acceptors (Lipinski definition) is 2. The third-order valence-electron chi connectivity index (χ3n) is 3.40. The Morgan fingerprint density at radius 2 is 2.00 bits per heavy atom. The molecule has 1 unspecified atom stereocenters. The predicted octanol–water partition coefficient (Wildman–Crippen LogP) is 1.91. The van der Waals surface area contributed by atoms with Gasteiger partial charge in [0.25, 0.3) is 0 Å². The number of likely N-dealkylation sites (N-methyl/N-ethyl adjacent to an activating group) is 1. The topological polar surface area (TPSA) is 15.3 Å². The van der Waals surface area contributed by atoms with Gasteiger partial charge in [-0.1, -0.05) is 30.3 Å². The summed E-state index contributed by atoms with van der Waals surface area (Å²) in [5.74, 6) is 0. The van der Waals surface area contributed by atoms with Crippen molar-refractivity contribution in [2.45, 2.75) is 31.8 Å². The van der Waals surface area contributed by atoms with Crippen LogP contribution in [0.25, 0.3) is 0 Å². The molecule has 1 aliphatic rings. The minimum Gasteiger partial charge on any atom is -0.309 e. The number of nitrogens with zero attached hydrogens (tertiary/aromatic N) is 1. The van der Waals surface area contributed by atoms with Crippen molar-refractivity contribution in [2.24, 2.45) is 0 Å². The molecule has 1 atom stereocenters. The van der Waals surface area contributed by atoms with Crippen molar-refractivity contribution in [2.75, 3.05) is 20.1 Å². The molecule has 1 saturated heterocycles. The Hall–Kier alpha value is -0.860. The van der Waals surface area contributed by atoms with E-state index in [0.717, 1.165) is 19.5 Å². The minimum absolute atomic E-state index is 0.252. The minimum atomic E-state index is 0.252. The fourth-order valence-electron chi connectivity index (χ4n) is 2.47. The summed E-state index contributed by atoms with van der Waals surface area (Å²) >= 11 is 0. The third-order valence-corrected chi connectivity index (χ3v) is 3.40. The van der Waals surface area contributed by atoms with Gasteiger partial charge in [-0.3, -0.25) is 0 Å². The molecule has 0 spiro atoms. The average molecular weight is 218 g/mol. The molecule has 2 heteroatoms. The van der Waals surface area contributed by atoms with Crippen LogP contribution in [0.3, 0.4) is 0 Å². The smallest absolute Gasteiger partial charge is 0.0258 e. The maximum absolute atomic E-state index is 3.62. The van der Waals surface area contributed by atoms with Crippen molar-refractivity contribution in [3.63, 3.8) is 0 Å². The van der Waals surface area contributed by atoms with Crippen LogP contribution in [0.5, 0.6) is 0 Å². The Balaban J connectivity index is 1.97. The molecule has 0 radical (unpaired) electrons. The van der Waals surface area contributed by atoms with Gasteiger partial charge < -0.3 is 10.2 Å². The second-order valence-corrected chi connectivity index (χ2v) is 5.52. The first-order valence-electron chi connectivity index (χ1n) is 6.06. The number of hydrogen-bond donors (Lipinski definition) is 1. The molecule has 1 aromatic carbocycles. The molecule has 1 N–H and O–H groups in total. The predicted molar refractivity (Wildman–Crippen MR) is 68.6 cm³/mol. The second-order valence-electron chi connectivity index (χ2n) is 5.52. The van der Waals surface area contributed by atoms with E-state index in [1.54, 1.807) is 0 Å². The summed E-state index contributed by atoms with van der Waals surface area (Å²) in [4.78, 5) is 2.48. The highest BCUT2D eigenvalue weighted by molar-refractivity contribution is 5.16. The van der Waals surface area contributed by atoms with E-state index >= 15 is 0 Å². The Bertz CT molecular complexity index is 332. The summed E-state index contributed by atoms with van der Waals surface area (Å²) in [6.45, 7) is 6.73. The molecular weight excluding hydrogens is 196 g/mol. The zero-order chi connectivity index (χ0) is 11.6. The molecule has 0 aromatic heterocycles. The van der Waals surface area contributed by atoms with E-state index in [0.29, 0.717) is 6.04 Å². The Labute approximate surface area is 98.7 Å². The fraction of sp³-hybridized carbons (Fsp3) is 0.571. The molecule has 0 amide bonds. The molecule has 1 aromatic rings. The Kier molecular flexibility index (Phi) is 3.31. The van der Waals surface area contributed by atoms with Crippen LogP contribution in [0, 0.1) is 0 Å². The zero-order valence-corrected chi connectivity index (χ0v) is 10.5. The van der Waals surface area contributed by atoms with E-state index in [-0.39, 0.29) is 5.54 Å². The van der Waals surface area contributed by atoms with Crippen molar-refractivity contribution < 1.29 is 0 Å². The molecule has 1 heterocycles. The highest BCUT2D eigenvalue weighted by Gasteiger charge is 2.29. The van der Waals surface area contributed by atoms with E-state index in [4.69, 9.17) is 0 Å². The molecule has 0 aliphatic carbocycles. The summed E-state index contributed by atoms with van der Waals surface area (Å²) in [6, 6.07) is 11.4. The zero-order valence-electron chi connectivity index (χ0n) is 10.5. The summed E-state index contributed by atoms with van der Waals surface area (Å²) in [5, 5.41) is 3.62. The number of benzene rings is 1. The maximum Gasteiger partial charge on any atom is 0.0258 e. The van der Waals surface area contributed by atoms with Gasteiger partial charge in [0.15, 0.2) is 0 Å². The maximum atomic E-state index is 3.62. The van der Waals surface area contributed by atoms with Gasteiger partial charge in [-0.2, -0.15) is 0 Å². The number of nitrogens with one attached hydrogen (secondary N) is 1. The van der Waals surface area contributed by atoms with E-state index in [2.05, 4.69) is 61.4 Å². The van der Waals surface area contributed by atoms with Crippen molar-refractivity contribution in [3.8, 4) is 0 Å². The van der Waals surface area contributed by atoms with Gasteiger partial charge in [0.2, 0.25) is 0 Å². The first-order valence-corrected chi connectivity index (χ1v) is 6.06. The monoisotopic (exact) mass is 218 g/mol. The van der Waals surface area contributed by atoms with Crippen LogP contribution in [-0.2, 0) is 6.42 Å². The summed E-state index contributed by atoms with van der Waals surface area (Å²) in [6.07, 6.45) is 1.14. The molecule has 2 rings (SSSR count). The summed E-state index contributed by atoms with van der Waals surface area (Å²) in [5.41, 5.74) is 1.68. The van der Waals surface area contributed by atoms with Gasteiger partial charge in [-0.05, 0) is 32.9 Å². The second kappa shape index (κ2) is 4.56. The highest BCUT2D eigenvalue weighted by atomic mass is 15.2. The molecule has 1 fully saturated rings. The van der Waals surface area contributed by atoms with Gasteiger partial charge in [0.1, 0.15) is 0 Å². The SMILES string of the molecule is CN1CC(C)(C)NCC1Cc1ccccc1. The first-order chi connectivity index (χ1) is 7.57. The lowest BCUT2D eigenvalue weighted by atomic mass is 9.96. The third kappa shape index (κ3) is 2.83. The van der Waals surface area contributed by atoms with Gasteiger partial charge in [-0.25, -0.2) is 0 Å². The normalized spacial score (nSPS) is 25.6. The number of rotatable bonds is 2. The van der Waals surface area contributed by atoms with Crippen molar-refractivity contribution >= 4 is 0 Å². The Morgan fingerprint density at radius 3 is 2.62 bits per heavy atom. The van der Waals surface area contributed by atoms with Crippen LogP contribution in [0.2, 0.25) is 0 Å². The van der Waals surface area contributed by atoms with E-state index in [9.17, 15) is 0 Å². The molecule has 0 bridgehead atoms. The number of piperazine rings is 1. The fourth-order valence-corrected chi connectivity index (χ4v) is 2.47. The van der Waals surface area contributed by atoms with Gasteiger partial charge >= 0.3 is 0 Å². The molecular formula is C14H22N2. The summed E-state index contributed by atoms with van der Waals surface area (Å²) < 4.78 is 0. The lowest BCUT2D eigenvalue weighted by Gasteiger charge is -2.43. The van der Waals surface area contributed by atoms with Crippen molar-refractivity contribution in [1.29, 1.82) is 0 Å². The highest BCUT2D eigenvalue weighted by Crippen LogP contribution is 2.16. The standard InChI is InChI=1S/C14H22N2/c1-14(2)11-16(3)13(10-15-14)9-12-7-5-4-6-8-12/h4-8,13,15H,9-11H2,1-3H3. The van der Waals surface area contributed by atoms with Gasteiger partial charge in [0.05, 0.1) is 0 Å². The molecule has 16 heavy (non-hydrogen) atoms.